The van der Waals surface area contributed by atoms with Crippen LogP contribution in [0.4, 0.5) is 0 Å². The van der Waals surface area contributed by atoms with Gasteiger partial charge in [-0.2, -0.15) is 4.98 Å². The number of aromatic nitrogens is 2. The zero-order valence-electron chi connectivity index (χ0n) is 11.4. The first kappa shape index (κ1) is 14.1. The summed E-state index contributed by atoms with van der Waals surface area (Å²) in [5.74, 6) is 1.24. The quantitative estimate of drug-likeness (QED) is 0.828. The minimum atomic E-state index is -0.133. The van der Waals surface area contributed by atoms with Gasteiger partial charge < -0.3 is 14.6 Å². The van der Waals surface area contributed by atoms with E-state index in [1.54, 1.807) is 0 Å². The first-order valence-electron chi connectivity index (χ1n) is 6.13. The zero-order chi connectivity index (χ0) is 12.9. The molecule has 0 aliphatic carbocycles. The third-order valence-electron chi connectivity index (χ3n) is 2.36. The lowest BCUT2D eigenvalue weighted by atomic mass is 9.88. The van der Waals surface area contributed by atoms with E-state index >= 15 is 0 Å². The lowest BCUT2D eigenvalue weighted by Crippen LogP contribution is -2.22. The topological polar surface area (TPSA) is 60.2 Å². The maximum atomic E-state index is 5.70. The van der Waals surface area contributed by atoms with E-state index in [2.05, 4.69) is 36.2 Å². The molecule has 1 aromatic heterocycles. The smallest absolute Gasteiger partial charge is 0.240 e. The molecule has 0 fully saturated rings. The van der Waals surface area contributed by atoms with Gasteiger partial charge in [-0.3, -0.25) is 0 Å². The molecule has 0 aliphatic heterocycles. The summed E-state index contributed by atoms with van der Waals surface area (Å²) in [6, 6.07) is 0. The monoisotopic (exact) mass is 241 g/mol. The van der Waals surface area contributed by atoms with Crippen LogP contribution in [0, 0.1) is 5.41 Å². The van der Waals surface area contributed by atoms with Crippen LogP contribution in [0.5, 0.6) is 0 Å². The molecule has 1 aromatic rings. The van der Waals surface area contributed by atoms with E-state index in [0.29, 0.717) is 24.9 Å². The van der Waals surface area contributed by atoms with Gasteiger partial charge in [0.25, 0.3) is 0 Å². The summed E-state index contributed by atoms with van der Waals surface area (Å²) in [6.07, 6.45) is -0.133. The van der Waals surface area contributed by atoms with Crippen LogP contribution >= 0.6 is 0 Å². The highest BCUT2D eigenvalue weighted by atomic mass is 16.5. The van der Waals surface area contributed by atoms with Crippen LogP contribution in [0.1, 0.15) is 52.4 Å². The first-order valence-corrected chi connectivity index (χ1v) is 6.13. The minimum absolute atomic E-state index is 0.0463. The third kappa shape index (κ3) is 4.09. The number of ether oxygens (including phenoxy) is 1. The van der Waals surface area contributed by atoms with Crippen LogP contribution in [0.25, 0.3) is 0 Å². The Hall–Kier alpha value is -0.940. The SMILES string of the molecule is CCNCc1nc(C(OCC)C(C)(C)C)no1. The van der Waals surface area contributed by atoms with E-state index in [1.807, 2.05) is 13.8 Å². The summed E-state index contributed by atoms with van der Waals surface area (Å²) in [4.78, 5) is 4.37. The summed E-state index contributed by atoms with van der Waals surface area (Å²) in [7, 11) is 0. The van der Waals surface area contributed by atoms with Gasteiger partial charge in [-0.05, 0) is 18.9 Å². The van der Waals surface area contributed by atoms with Crippen molar-refractivity contribution >= 4 is 0 Å². The molecule has 5 nitrogen and oxygen atoms in total. The Morgan fingerprint density at radius 2 is 2.06 bits per heavy atom. The summed E-state index contributed by atoms with van der Waals surface area (Å²) >= 11 is 0. The maximum absolute atomic E-state index is 5.70. The molecule has 1 N–H and O–H groups in total. The van der Waals surface area contributed by atoms with Crippen molar-refractivity contribution in [2.45, 2.75) is 47.3 Å². The van der Waals surface area contributed by atoms with Crippen LogP contribution in [-0.2, 0) is 11.3 Å². The number of hydrogen-bond donors (Lipinski definition) is 1. The number of nitrogens with one attached hydrogen (secondary N) is 1. The van der Waals surface area contributed by atoms with Crippen LogP contribution < -0.4 is 5.32 Å². The molecule has 5 heteroatoms. The second-order valence-corrected chi connectivity index (χ2v) is 5.03. The van der Waals surface area contributed by atoms with Gasteiger partial charge in [0.1, 0.15) is 6.10 Å². The largest absolute Gasteiger partial charge is 0.370 e. The lowest BCUT2D eigenvalue weighted by Gasteiger charge is -2.27. The molecule has 0 aliphatic rings. The molecule has 1 atom stereocenters. The van der Waals surface area contributed by atoms with Gasteiger partial charge in [-0.1, -0.05) is 32.9 Å². The van der Waals surface area contributed by atoms with Crippen molar-refractivity contribution in [1.29, 1.82) is 0 Å². The molecule has 1 unspecified atom stereocenters. The van der Waals surface area contributed by atoms with Gasteiger partial charge in [0, 0.05) is 6.61 Å². The average Bonchev–Trinajstić information content (AvgIpc) is 2.69. The molecule has 1 rings (SSSR count). The van der Waals surface area contributed by atoms with Crippen molar-refractivity contribution in [2.75, 3.05) is 13.2 Å². The molecule has 0 radical (unpaired) electrons. The second kappa shape index (κ2) is 6.12. The van der Waals surface area contributed by atoms with E-state index in [4.69, 9.17) is 9.26 Å². The van der Waals surface area contributed by atoms with Gasteiger partial charge in [0.05, 0.1) is 6.54 Å². The van der Waals surface area contributed by atoms with E-state index in [-0.39, 0.29) is 11.5 Å². The molecule has 0 aromatic carbocycles. The van der Waals surface area contributed by atoms with E-state index in [1.165, 1.54) is 0 Å². The number of rotatable bonds is 6. The second-order valence-electron chi connectivity index (χ2n) is 5.03. The highest BCUT2D eigenvalue weighted by molar-refractivity contribution is 4.96. The third-order valence-corrected chi connectivity index (χ3v) is 2.36. The van der Waals surface area contributed by atoms with Crippen molar-refractivity contribution in [2.24, 2.45) is 5.41 Å². The van der Waals surface area contributed by atoms with E-state index in [9.17, 15) is 0 Å². The van der Waals surface area contributed by atoms with Crippen molar-refractivity contribution < 1.29 is 9.26 Å². The summed E-state index contributed by atoms with van der Waals surface area (Å²) in [6.45, 7) is 12.4. The molecular formula is C12H23N3O2. The highest BCUT2D eigenvalue weighted by Crippen LogP contribution is 2.34. The Morgan fingerprint density at radius 3 is 2.59 bits per heavy atom. The van der Waals surface area contributed by atoms with Gasteiger partial charge in [-0.25, -0.2) is 0 Å². The predicted octanol–water partition coefficient (Wildman–Crippen LogP) is 2.30. The van der Waals surface area contributed by atoms with Crippen LogP contribution in [0.3, 0.4) is 0 Å². The summed E-state index contributed by atoms with van der Waals surface area (Å²) < 4.78 is 10.9. The Kier molecular flexibility index (Phi) is 5.08. The molecule has 0 bridgehead atoms. The van der Waals surface area contributed by atoms with E-state index in [0.717, 1.165) is 6.54 Å². The molecule has 0 amide bonds. The van der Waals surface area contributed by atoms with Crippen molar-refractivity contribution in [1.82, 2.24) is 15.5 Å². The summed E-state index contributed by atoms with van der Waals surface area (Å²) in [5, 5.41) is 7.15. The standard InChI is InChI=1S/C12H23N3O2/c1-6-13-8-9-14-11(15-17-9)10(16-7-2)12(3,4)5/h10,13H,6-8H2,1-5H3. The van der Waals surface area contributed by atoms with Gasteiger partial charge in [0.15, 0.2) is 0 Å². The van der Waals surface area contributed by atoms with Crippen molar-refractivity contribution in [3.05, 3.63) is 11.7 Å². The van der Waals surface area contributed by atoms with Crippen molar-refractivity contribution in [3.63, 3.8) is 0 Å². The van der Waals surface area contributed by atoms with Gasteiger partial charge >= 0.3 is 0 Å². The maximum Gasteiger partial charge on any atom is 0.240 e. The molecule has 98 valence electrons. The molecule has 1 heterocycles. The zero-order valence-corrected chi connectivity index (χ0v) is 11.4. The molecule has 0 saturated carbocycles. The Morgan fingerprint density at radius 1 is 1.35 bits per heavy atom. The fourth-order valence-electron chi connectivity index (χ4n) is 1.56. The summed E-state index contributed by atoms with van der Waals surface area (Å²) in [5.41, 5.74) is -0.0463. The average molecular weight is 241 g/mol. The fourth-order valence-corrected chi connectivity index (χ4v) is 1.56. The molecular weight excluding hydrogens is 218 g/mol. The number of nitrogens with zero attached hydrogens (tertiary/aromatic N) is 2. The Bertz CT molecular complexity index is 331. The molecule has 0 spiro atoms. The van der Waals surface area contributed by atoms with Gasteiger partial charge in [0.2, 0.25) is 11.7 Å². The normalized spacial score (nSPS) is 13.9. The fraction of sp³-hybridized carbons (Fsp3) is 0.833. The van der Waals surface area contributed by atoms with Gasteiger partial charge in [-0.15, -0.1) is 0 Å². The predicted molar refractivity (Wildman–Crippen MR) is 65.5 cm³/mol. The first-order chi connectivity index (χ1) is 7.99. The minimum Gasteiger partial charge on any atom is -0.370 e. The van der Waals surface area contributed by atoms with E-state index < -0.39 is 0 Å². The van der Waals surface area contributed by atoms with Crippen LogP contribution in [0.2, 0.25) is 0 Å². The molecule has 0 saturated heterocycles. The highest BCUT2D eigenvalue weighted by Gasteiger charge is 2.31. The Labute approximate surface area is 103 Å². The van der Waals surface area contributed by atoms with Crippen LogP contribution in [-0.4, -0.2) is 23.3 Å². The molecule has 17 heavy (non-hydrogen) atoms. The lowest BCUT2D eigenvalue weighted by molar-refractivity contribution is -0.0203. The number of hydrogen-bond acceptors (Lipinski definition) is 5. The Balaban J connectivity index is 2.77. The van der Waals surface area contributed by atoms with Crippen molar-refractivity contribution in [3.8, 4) is 0 Å². The van der Waals surface area contributed by atoms with Crippen LogP contribution in [0.15, 0.2) is 4.52 Å².